The lowest BCUT2D eigenvalue weighted by atomic mass is 10.1. The number of rotatable bonds is 9. The number of halogens is 1. The van der Waals surface area contributed by atoms with E-state index in [9.17, 15) is 9.59 Å². The van der Waals surface area contributed by atoms with E-state index in [1.807, 2.05) is 29.2 Å². The lowest BCUT2D eigenvalue weighted by Gasteiger charge is -2.28. The molecule has 208 valence electrons. The molecule has 0 spiro atoms. The maximum absolute atomic E-state index is 12.7. The zero-order chi connectivity index (χ0) is 27.5. The first kappa shape index (κ1) is 30.9. The predicted octanol–water partition coefficient (Wildman–Crippen LogP) is 6.61. The molecule has 9 heteroatoms. The second kappa shape index (κ2) is 14.6. The van der Waals surface area contributed by atoms with Crippen molar-refractivity contribution in [3.05, 3.63) is 34.9 Å². The summed E-state index contributed by atoms with van der Waals surface area (Å²) in [6, 6.07) is 7.48. The van der Waals surface area contributed by atoms with Crippen LogP contribution in [0.2, 0.25) is 5.02 Å². The summed E-state index contributed by atoms with van der Waals surface area (Å²) in [6.45, 7) is 15.3. The van der Waals surface area contributed by atoms with Crippen LogP contribution in [0, 0.1) is 0 Å². The van der Waals surface area contributed by atoms with Gasteiger partial charge in [-0.3, -0.25) is 5.32 Å². The maximum atomic E-state index is 12.7. The van der Waals surface area contributed by atoms with Crippen LogP contribution in [0.1, 0.15) is 85.6 Å². The molecule has 8 nitrogen and oxygen atoms in total. The molecule has 1 fully saturated rings. The second-order valence-corrected chi connectivity index (χ2v) is 12.0. The monoisotopic (exact) mass is 536 g/mol. The minimum atomic E-state index is -0.773. The van der Waals surface area contributed by atoms with Gasteiger partial charge in [0.05, 0.1) is 0 Å². The fourth-order valence-corrected chi connectivity index (χ4v) is 4.14. The molecule has 1 saturated heterocycles. The number of guanidine groups is 1. The van der Waals surface area contributed by atoms with Crippen molar-refractivity contribution in [3.8, 4) is 0 Å². The number of alkyl carbamates (subject to hydrolysis) is 1. The molecule has 0 aromatic heterocycles. The normalized spacial score (nSPS) is 14.9. The van der Waals surface area contributed by atoms with E-state index in [-0.39, 0.29) is 5.96 Å². The third kappa shape index (κ3) is 13.7. The molecule has 1 aliphatic rings. The molecule has 0 saturated carbocycles. The zero-order valence-electron chi connectivity index (χ0n) is 23.4. The average Bonchev–Trinajstić information content (AvgIpc) is 3.27. The lowest BCUT2D eigenvalue weighted by Crippen LogP contribution is -2.46. The molecule has 0 bridgehead atoms. The minimum absolute atomic E-state index is 0.107. The summed E-state index contributed by atoms with van der Waals surface area (Å²) in [5, 5.41) is 3.33. The quantitative estimate of drug-likeness (QED) is 0.217. The lowest BCUT2D eigenvalue weighted by molar-refractivity contribution is 0.0554. The molecule has 1 N–H and O–H groups in total. The predicted molar refractivity (Wildman–Crippen MR) is 149 cm³/mol. The highest BCUT2D eigenvalue weighted by atomic mass is 35.5. The number of benzene rings is 1. The molecule has 1 aliphatic heterocycles. The number of hydrogen-bond donors (Lipinski definition) is 1. The molecule has 0 radical (unpaired) electrons. The Bertz CT molecular complexity index is 885. The highest BCUT2D eigenvalue weighted by molar-refractivity contribution is 6.30. The van der Waals surface area contributed by atoms with Crippen molar-refractivity contribution >= 4 is 29.7 Å². The Balaban J connectivity index is 2.14. The second-order valence-electron chi connectivity index (χ2n) is 11.6. The van der Waals surface area contributed by atoms with E-state index in [0.29, 0.717) is 18.1 Å². The van der Waals surface area contributed by atoms with Crippen molar-refractivity contribution in [2.24, 2.45) is 4.99 Å². The van der Waals surface area contributed by atoms with E-state index in [4.69, 9.17) is 21.1 Å². The first-order valence-electron chi connectivity index (χ1n) is 13.3. The van der Waals surface area contributed by atoms with E-state index < -0.39 is 23.4 Å². The van der Waals surface area contributed by atoms with Crippen molar-refractivity contribution < 1.29 is 19.1 Å². The number of aliphatic imine (C=N–C) groups is 1. The summed E-state index contributed by atoms with van der Waals surface area (Å²) in [5.41, 5.74) is -0.438. The van der Waals surface area contributed by atoms with Crippen LogP contribution in [0.3, 0.4) is 0 Å². The fraction of sp³-hybridized carbons (Fsp3) is 0.679. The van der Waals surface area contributed by atoms with Crippen molar-refractivity contribution in [3.63, 3.8) is 0 Å². The van der Waals surface area contributed by atoms with Gasteiger partial charge in [-0.05, 0) is 105 Å². The van der Waals surface area contributed by atoms with Crippen molar-refractivity contribution in [1.82, 2.24) is 15.1 Å². The number of nitrogens with one attached hydrogen (secondary N) is 1. The number of hydrogen-bond acceptors (Lipinski definition) is 5. The molecule has 0 atom stereocenters. The summed E-state index contributed by atoms with van der Waals surface area (Å²) < 4.78 is 10.8. The Morgan fingerprint density at radius 3 is 2.14 bits per heavy atom. The fourth-order valence-electron chi connectivity index (χ4n) is 4.01. The van der Waals surface area contributed by atoms with Crippen LogP contribution < -0.4 is 5.32 Å². The molecule has 1 aromatic rings. The molecule has 1 heterocycles. The van der Waals surface area contributed by atoms with Crippen LogP contribution >= 0.6 is 11.6 Å². The Labute approximate surface area is 227 Å². The van der Waals surface area contributed by atoms with Gasteiger partial charge in [0.15, 0.2) is 0 Å². The van der Waals surface area contributed by atoms with Crippen molar-refractivity contribution in [1.29, 1.82) is 0 Å². The standard InChI is InChI=1S/C28H45ClN4O4/c1-27(2,3)36-25(34)30-24(31-26(35)37-28(4,5)6)33(21-22-13-15-23(29)16-14-22)20-10-8-7-9-17-32-18-11-12-19-32/h13-16H,7-12,17-21H2,1-6H3,(H,30,31,34,35). The van der Waals surface area contributed by atoms with Gasteiger partial charge < -0.3 is 19.3 Å². The number of likely N-dealkylation sites (tertiary alicyclic amines) is 1. The number of amides is 2. The zero-order valence-corrected chi connectivity index (χ0v) is 24.2. The van der Waals surface area contributed by atoms with Crippen LogP contribution in [-0.2, 0) is 16.0 Å². The van der Waals surface area contributed by atoms with E-state index >= 15 is 0 Å². The van der Waals surface area contributed by atoms with Crippen LogP contribution in [0.4, 0.5) is 9.59 Å². The smallest absolute Gasteiger partial charge is 0.437 e. The van der Waals surface area contributed by atoms with Gasteiger partial charge in [-0.1, -0.05) is 36.6 Å². The van der Waals surface area contributed by atoms with Gasteiger partial charge in [0, 0.05) is 18.1 Å². The Morgan fingerprint density at radius 2 is 1.54 bits per heavy atom. The number of carbonyl (C=O) groups excluding carboxylic acids is 2. The van der Waals surface area contributed by atoms with Gasteiger partial charge in [0.25, 0.3) is 0 Å². The number of carbonyl (C=O) groups is 2. The molecular weight excluding hydrogens is 492 g/mol. The van der Waals surface area contributed by atoms with E-state index in [2.05, 4.69) is 15.2 Å². The summed E-state index contributed by atoms with van der Waals surface area (Å²) in [4.78, 5) is 33.9. The summed E-state index contributed by atoms with van der Waals surface area (Å²) in [5.74, 6) is 0.107. The molecule has 2 amide bonds. The van der Waals surface area contributed by atoms with Crippen LogP contribution in [0.25, 0.3) is 0 Å². The van der Waals surface area contributed by atoms with Gasteiger partial charge in [0.1, 0.15) is 11.2 Å². The summed E-state index contributed by atoms with van der Waals surface area (Å²) in [6.07, 6.45) is 5.39. The molecule has 1 aromatic carbocycles. The maximum Gasteiger partial charge on any atom is 0.437 e. The topological polar surface area (TPSA) is 83.5 Å². The van der Waals surface area contributed by atoms with E-state index in [1.54, 1.807) is 41.5 Å². The largest absolute Gasteiger partial charge is 0.444 e. The van der Waals surface area contributed by atoms with Gasteiger partial charge in [-0.25, -0.2) is 9.59 Å². The molecule has 37 heavy (non-hydrogen) atoms. The van der Waals surface area contributed by atoms with Crippen molar-refractivity contribution in [2.45, 2.75) is 97.8 Å². The molecule has 0 unspecified atom stereocenters. The number of ether oxygens (including phenoxy) is 2. The van der Waals surface area contributed by atoms with Gasteiger partial charge >= 0.3 is 12.2 Å². The van der Waals surface area contributed by atoms with Gasteiger partial charge in [0.2, 0.25) is 5.96 Å². The van der Waals surface area contributed by atoms with E-state index in [0.717, 1.165) is 31.4 Å². The molecule has 0 aliphatic carbocycles. The minimum Gasteiger partial charge on any atom is -0.444 e. The third-order valence-corrected chi connectivity index (χ3v) is 5.89. The van der Waals surface area contributed by atoms with Crippen LogP contribution in [-0.4, -0.2) is 65.3 Å². The summed E-state index contributed by atoms with van der Waals surface area (Å²) in [7, 11) is 0. The number of nitrogens with zero attached hydrogens (tertiary/aromatic N) is 3. The van der Waals surface area contributed by atoms with E-state index in [1.165, 1.54) is 32.4 Å². The molecular formula is C28H45ClN4O4. The SMILES string of the molecule is CC(C)(C)OC(=O)/N=C(/NC(=O)OC(C)(C)C)N(CCCCCCN1CCCC1)Cc1ccc(Cl)cc1. The molecule has 2 rings (SSSR count). The highest BCUT2D eigenvalue weighted by Crippen LogP contribution is 2.15. The summed E-state index contributed by atoms with van der Waals surface area (Å²) >= 11 is 6.08. The Kier molecular flexibility index (Phi) is 12.2. The highest BCUT2D eigenvalue weighted by Gasteiger charge is 2.23. The average molecular weight is 537 g/mol. The first-order valence-corrected chi connectivity index (χ1v) is 13.7. The Hall–Kier alpha value is -2.32. The first-order chi connectivity index (χ1) is 17.3. The van der Waals surface area contributed by atoms with Gasteiger partial charge in [-0.15, -0.1) is 4.99 Å². The third-order valence-electron chi connectivity index (χ3n) is 5.64. The number of unbranched alkanes of at least 4 members (excludes halogenated alkanes) is 3. The Morgan fingerprint density at radius 1 is 0.946 bits per heavy atom. The van der Waals surface area contributed by atoms with Gasteiger partial charge in [-0.2, -0.15) is 0 Å². The van der Waals surface area contributed by atoms with Crippen LogP contribution in [0.15, 0.2) is 29.3 Å². The van der Waals surface area contributed by atoms with Crippen LogP contribution in [0.5, 0.6) is 0 Å². The van der Waals surface area contributed by atoms with Crippen molar-refractivity contribution in [2.75, 3.05) is 26.2 Å².